The van der Waals surface area contributed by atoms with Crippen LogP contribution in [0.15, 0.2) is 48.5 Å². The van der Waals surface area contributed by atoms with Crippen LogP contribution in [-0.2, 0) is 19.1 Å². The van der Waals surface area contributed by atoms with Crippen molar-refractivity contribution in [3.05, 3.63) is 65.2 Å². The molecule has 0 fully saturated rings. The maximum Gasteiger partial charge on any atom is 0.416 e. The van der Waals surface area contributed by atoms with Crippen LogP contribution in [0, 0.1) is 0 Å². The topological polar surface area (TPSA) is 25.8 Å². The number of halogens is 3. The van der Waals surface area contributed by atoms with E-state index in [4.69, 9.17) is 4.74 Å². The predicted molar refractivity (Wildman–Crippen MR) is 87.9 cm³/mol. The van der Waals surface area contributed by atoms with Crippen LogP contribution in [0.5, 0.6) is 5.75 Å². The second-order valence-electron chi connectivity index (χ2n) is 6.00. The summed E-state index contributed by atoms with van der Waals surface area (Å²) >= 11 is 0. The molecule has 1 atom stereocenters. The number of ether oxygens (including phenoxy) is 1. The molecular weight excluding hydrogens is 315 g/mol. The van der Waals surface area contributed by atoms with E-state index in [1.54, 1.807) is 19.2 Å². The molecule has 0 aromatic heterocycles. The van der Waals surface area contributed by atoms with Gasteiger partial charge in [-0.2, -0.15) is 13.2 Å². The maximum absolute atomic E-state index is 12.5. The fourth-order valence-electron chi connectivity index (χ4n) is 2.47. The number of methoxy groups -OCH3 is 1. The number of quaternary nitrogens is 1. The smallest absolute Gasteiger partial charge is 0.416 e. The standard InChI is InChI=1S/C19H22F3NO/c1-14(3-4-15-7-11-18(24-2)12-8-15)23-13-16-5-9-17(10-6-16)19(20,21)22/h5-12,14,23H,3-4,13H2,1-2H3/p+1/t14-/m1/s1. The minimum absolute atomic E-state index is 0.398. The summed E-state index contributed by atoms with van der Waals surface area (Å²) in [4.78, 5) is 0. The summed E-state index contributed by atoms with van der Waals surface area (Å²) in [7, 11) is 1.65. The van der Waals surface area contributed by atoms with E-state index >= 15 is 0 Å². The Balaban J connectivity index is 1.77. The number of hydrogen-bond acceptors (Lipinski definition) is 1. The van der Waals surface area contributed by atoms with Crippen molar-refractivity contribution in [1.29, 1.82) is 0 Å². The second kappa shape index (κ2) is 8.20. The van der Waals surface area contributed by atoms with E-state index in [1.807, 2.05) is 12.1 Å². The van der Waals surface area contributed by atoms with E-state index in [2.05, 4.69) is 24.4 Å². The molecule has 0 aliphatic heterocycles. The van der Waals surface area contributed by atoms with Gasteiger partial charge < -0.3 is 10.1 Å². The molecule has 0 spiro atoms. The third-order valence-corrected chi connectivity index (χ3v) is 4.08. The first-order chi connectivity index (χ1) is 11.4. The normalized spacial score (nSPS) is 12.9. The van der Waals surface area contributed by atoms with Crippen molar-refractivity contribution in [2.45, 2.75) is 38.5 Å². The average molecular weight is 338 g/mol. The van der Waals surface area contributed by atoms with Gasteiger partial charge in [-0.15, -0.1) is 0 Å². The molecule has 0 aliphatic carbocycles. The molecule has 0 saturated heterocycles. The monoisotopic (exact) mass is 338 g/mol. The minimum atomic E-state index is -4.27. The summed E-state index contributed by atoms with van der Waals surface area (Å²) in [5.74, 6) is 0.848. The van der Waals surface area contributed by atoms with Crippen LogP contribution in [0.4, 0.5) is 13.2 Å². The quantitative estimate of drug-likeness (QED) is 0.816. The molecule has 2 aromatic carbocycles. The molecule has 2 rings (SSSR count). The van der Waals surface area contributed by atoms with Gasteiger partial charge in [0.05, 0.1) is 18.7 Å². The van der Waals surface area contributed by atoms with Crippen molar-refractivity contribution in [1.82, 2.24) is 0 Å². The molecule has 5 heteroatoms. The van der Waals surface area contributed by atoms with Crippen molar-refractivity contribution in [2.75, 3.05) is 7.11 Å². The van der Waals surface area contributed by atoms with E-state index in [0.29, 0.717) is 12.6 Å². The predicted octanol–water partition coefficient (Wildman–Crippen LogP) is 3.80. The molecule has 2 N–H and O–H groups in total. The highest BCUT2D eigenvalue weighted by atomic mass is 19.4. The number of hydrogen-bond donors (Lipinski definition) is 1. The summed E-state index contributed by atoms with van der Waals surface area (Å²) in [5.41, 5.74) is 1.56. The molecule has 0 heterocycles. The maximum atomic E-state index is 12.5. The lowest BCUT2D eigenvalue weighted by molar-refractivity contribution is -0.701. The van der Waals surface area contributed by atoms with E-state index in [0.717, 1.165) is 36.3 Å². The van der Waals surface area contributed by atoms with Gasteiger partial charge in [0.15, 0.2) is 0 Å². The van der Waals surface area contributed by atoms with Crippen molar-refractivity contribution in [2.24, 2.45) is 0 Å². The van der Waals surface area contributed by atoms with Crippen LogP contribution in [0.25, 0.3) is 0 Å². The Morgan fingerprint density at radius 2 is 1.54 bits per heavy atom. The number of benzene rings is 2. The van der Waals surface area contributed by atoms with Crippen molar-refractivity contribution >= 4 is 0 Å². The number of aryl methyl sites for hydroxylation is 1. The molecule has 0 amide bonds. The molecule has 0 aliphatic rings. The van der Waals surface area contributed by atoms with Crippen LogP contribution in [0.3, 0.4) is 0 Å². The molecule has 0 unspecified atom stereocenters. The Hall–Kier alpha value is -2.01. The first kappa shape index (κ1) is 18.3. The Kier molecular flexibility index (Phi) is 6.26. The average Bonchev–Trinajstić information content (AvgIpc) is 2.58. The van der Waals surface area contributed by atoms with E-state index in [9.17, 15) is 13.2 Å². The molecule has 2 nitrogen and oxygen atoms in total. The minimum Gasteiger partial charge on any atom is -0.497 e. The lowest BCUT2D eigenvalue weighted by atomic mass is 10.1. The molecule has 2 aromatic rings. The Bertz CT molecular complexity index is 621. The summed E-state index contributed by atoms with van der Waals surface area (Å²) in [5, 5.41) is 2.16. The molecular formula is C19H23F3NO+. The lowest BCUT2D eigenvalue weighted by Gasteiger charge is -2.12. The fourth-order valence-corrected chi connectivity index (χ4v) is 2.47. The van der Waals surface area contributed by atoms with Crippen LogP contribution >= 0.6 is 0 Å². The Morgan fingerprint density at radius 1 is 0.958 bits per heavy atom. The van der Waals surface area contributed by atoms with Crippen molar-refractivity contribution in [3.8, 4) is 5.75 Å². The molecule has 130 valence electrons. The highest BCUT2D eigenvalue weighted by Crippen LogP contribution is 2.28. The third-order valence-electron chi connectivity index (χ3n) is 4.08. The zero-order valence-corrected chi connectivity index (χ0v) is 13.9. The largest absolute Gasteiger partial charge is 0.497 e. The van der Waals surface area contributed by atoms with Crippen LogP contribution in [0.2, 0.25) is 0 Å². The molecule has 24 heavy (non-hydrogen) atoms. The van der Waals surface area contributed by atoms with E-state index in [1.165, 1.54) is 5.56 Å². The highest BCUT2D eigenvalue weighted by molar-refractivity contribution is 5.27. The van der Waals surface area contributed by atoms with Crippen molar-refractivity contribution < 1.29 is 23.2 Å². The summed E-state index contributed by atoms with van der Waals surface area (Å²) in [6.45, 7) is 2.82. The molecule has 0 saturated carbocycles. The first-order valence-corrected chi connectivity index (χ1v) is 8.01. The zero-order chi connectivity index (χ0) is 17.6. The lowest BCUT2D eigenvalue weighted by Crippen LogP contribution is -2.87. The Morgan fingerprint density at radius 3 is 2.08 bits per heavy atom. The van der Waals surface area contributed by atoms with Crippen LogP contribution in [0.1, 0.15) is 30.0 Å². The van der Waals surface area contributed by atoms with Crippen LogP contribution < -0.4 is 10.1 Å². The van der Waals surface area contributed by atoms with Gasteiger partial charge in [0.1, 0.15) is 12.3 Å². The zero-order valence-electron chi connectivity index (χ0n) is 13.9. The third kappa shape index (κ3) is 5.57. The summed E-state index contributed by atoms with van der Waals surface area (Å²) < 4.78 is 42.7. The molecule has 0 radical (unpaired) electrons. The second-order valence-corrected chi connectivity index (χ2v) is 6.00. The van der Waals surface area contributed by atoms with Crippen LogP contribution in [-0.4, -0.2) is 13.2 Å². The van der Waals surface area contributed by atoms with Gasteiger partial charge in [0, 0.05) is 12.0 Å². The SMILES string of the molecule is COc1ccc(CC[C@@H](C)[NH2+]Cc2ccc(C(F)(F)F)cc2)cc1. The first-order valence-electron chi connectivity index (χ1n) is 8.01. The van der Waals surface area contributed by atoms with Gasteiger partial charge in [0.2, 0.25) is 0 Å². The van der Waals surface area contributed by atoms with Gasteiger partial charge >= 0.3 is 6.18 Å². The summed E-state index contributed by atoms with van der Waals surface area (Å²) in [6, 6.07) is 13.8. The molecule has 0 bridgehead atoms. The van der Waals surface area contributed by atoms with E-state index < -0.39 is 11.7 Å². The fraction of sp³-hybridized carbons (Fsp3) is 0.368. The number of nitrogens with two attached hydrogens (primary N) is 1. The van der Waals surface area contributed by atoms with Gasteiger partial charge in [-0.1, -0.05) is 24.3 Å². The number of alkyl halides is 3. The number of rotatable bonds is 7. The van der Waals surface area contributed by atoms with E-state index in [-0.39, 0.29) is 0 Å². The van der Waals surface area contributed by atoms with Gasteiger partial charge in [0.25, 0.3) is 0 Å². The highest BCUT2D eigenvalue weighted by Gasteiger charge is 2.29. The van der Waals surface area contributed by atoms with Gasteiger partial charge in [-0.05, 0) is 43.2 Å². The van der Waals surface area contributed by atoms with Gasteiger partial charge in [-0.3, -0.25) is 0 Å². The van der Waals surface area contributed by atoms with Gasteiger partial charge in [-0.25, -0.2) is 0 Å². The summed E-state index contributed by atoms with van der Waals surface area (Å²) in [6.07, 6.45) is -2.30. The van der Waals surface area contributed by atoms with Crippen molar-refractivity contribution in [3.63, 3.8) is 0 Å². The Labute approximate surface area is 140 Å².